The van der Waals surface area contributed by atoms with Crippen LogP contribution >= 0.6 is 0 Å². The molecule has 2 unspecified atom stereocenters. The van der Waals surface area contributed by atoms with Crippen LogP contribution in [0, 0.1) is 12.8 Å². The molecule has 1 fully saturated rings. The molecular formula is C18H30N6O3. The monoisotopic (exact) mass is 378 g/mol. The van der Waals surface area contributed by atoms with E-state index >= 15 is 0 Å². The van der Waals surface area contributed by atoms with Gasteiger partial charge in [-0.15, -0.1) is 0 Å². The van der Waals surface area contributed by atoms with Crippen molar-refractivity contribution >= 4 is 23.5 Å². The van der Waals surface area contributed by atoms with Crippen LogP contribution in [0.2, 0.25) is 0 Å². The Morgan fingerprint density at radius 1 is 1.33 bits per heavy atom. The van der Waals surface area contributed by atoms with E-state index in [1.165, 1.54) is 4.68 Å². The molecule has 1 aliphatic heterocycles. The number of anilines is 1. The zero-order valence-corrected chi connectivity index (χ0v) is 16.5. The SMILES string of the molecule is CCCCCNC(=O)C(=O)Nc1cc(C)nn1C1NC(=O)CC(C(C)C)N1. The standard InChI is InChI=1S/C18H30N6O3/c1-5-6-7-8-19-16(26)17(27)21-14-9-12(4)23-24(14)18-20-13(11(2)3)10-15(25)22-18/h9,11,13,18,20H,5-8,10H2,1-4H3,(H,19,26)(H,21,27)(H,22,25). The number of aryl methyl sites for hydroxylation is 1. The molecule has 1 aromatic heterocycles. The van der Waals surface area contributed by atoms with Crippen LogP contribution in [0.15, 0.2) is 6.07 Å². The molecule has 0 aromatic carbocycles. The molecule has 0 radical (unpaired) electrons. The molecule has 0 bridgehead atoms. The molecule has 27 heavy (non-hydrogen) atoms. The highest BCUT2D eigenvalue weighted by Crippen LogP contribution is 2.19. The van der Waals surface area contributed by atoms with E-state index in [0.717, 1.165) is 19.3 Å². The molecular weight excluding hydrogens is 348 g/mol. The van der Waals surface area contributed by atoms with Crippen molar-refractivity contribution in [1.29, 1.82) is 0 Å². The normalized spacial score (nSPS) is 19.7. The van der Waals surface area contributed by atoms with E-state index in [-0.39, 0.29) is 17.9 Å². The molecule has 3 amide bonds. The lowest BCUT2D eigenvalue weighted by atomic mass is 9.99. The molecule has 9 heteroatoms. The van der Waals surface area contributed by atoms with Gasteiger partial charge >= 0.3 is 11.8 Å². The Labute approximate surface area is 159 Å². The Morgan fingerprint density at radius 2 is 2.07 bits per heavy atom. The van der Waals surface area contributed by atoms with Crippen molar-refractivity contribution in [3.05, 3.63) is 11.8 Å². The van der Waals surface area contributed by atoms with E-state index in [4.69, 9.17) is 0 Å². The summed E-state index contributed by atoms with van der Waals surface area (Å²) >= 11 is 0. The smallest absolute Gasteiger partial charge is 0.314 e. The van der Waals surface area contributed by atoms with Crippen LogP contribution in [0.1, 0.15) is 58.4 Å². The molecule has 4 N–H and O–H groups in total. The quantitative estimate of drug-likeness (QED) is 0.418. The van der Waals surface area contributed by atoms with Gasteiger partial charge in [-0.25, -0.2) is 4.68 Å². The highest BCUT2D eigenvalue weighted by atomic mass is 16.2. The second-order valence-electron chi connectivity index (χ2n) is 7.22. The first-order chi connectivity index (χ1) is 12.8. The molecule has 1 aliphatic rings. The number of aromatic nitrogens is 2. The summed E-state index contributed by atoms with van der Waals surface area (Å²) < 4.78 is 1.49. The van der Waals surface area contributed by atoms with Gasteiger partial charge in [0.15, 0.2) is 6.29 Å². The van der Waals surface area contributed by atoms with Crippen molar-refractivity contribution < 1.29 is 14.4 Å². The maximum atomic E-state index is 12.2. The number of carbonyl (C=O) groups is 3. The van der Waals surface area contributed by atoms with Gasteiger partial charge in [0.25, 0.3) is 0 Å². The van der Waals surface area contributed by atoms with Gasteiger partial charge in [-0.2, -0.15) is 5.10 Å². The fourth-order valence-corrected chi connectivity index (χ4v) is 2.91. The van der Waals surface area contributed by atoms with Crippen molar-refractivity contribution in [2.24, 2.45) is 5.92 Å². The predicted molar refractivity (Wildman–Crippen MR) is 102 cm³/mol. The summed E-state index contributed by atoms with van der Waals surface area (Å²) in [5.41, 5.74) is 0.663. The van der Waals surface area contributed by atoms with Gasteiger partial charge in [-0.05, 0) is 19.3 Å². The van der Waals surface area contributed by atoms with Gasteiger partial charge in [0.2, 0.25) is 5.91 Å². The number of hydrogen-bond donors (Lipinski definition) is 4. The van der Waals surface area contributed by atoms with Crippen LogP contribution in [-0.4, -0.2) is 40.1 Å². The molecule has 1 aromatic rings. The van der Waals surface area contributed by atoms with Crippen LogP contribution in [-0.2, 0) is 14.4 Å². The number of rotatable bonds is 7. The highest BCUT2D eigenvalue weighted by molar-refractivity contribution is 6.39. The highest BCUT2D eigenvalue weighted by Gasteiger charge is 2.30. The van der Waals surface area contributed by atoms with Crippen molar-refractivity contribution in [2.75, 3.05) is 11.9 Å². The maximum Gasteiger partial charge on any atom is 0.314 e. The Morgan fingerprint density at radius 3 is 2.74 bits per heavy atom. The minimum Gasteiger partial charge on any atom is -0.348 e. The van der Waals surface area contributed by atoms with Crippen molar-refractivity contribution in [3.63, 3.8) is 0 Å². The van der Waals surface area contributed by atoms with E-state index < -0.39 is 18.1 Å². The largest absolute Gasteiger partial charge is 0.348 e. The van der Waals surface area contributed by atoms with E-state index in [2.05, 4.69) is 33.3 Å². The number of amides is 3. The van der Waals surface area contributed by atoms with Gasteiger partial charge in [-0.3, -0.25) is 19.7 Å². The van der Waals surface area contributed by atoms with E-state index in [0.29, 0.717) is 24.5 Å². The second-order valence-corrected chi connectivity index (χ2v) is 7.22. The third-order valence-corrected chi connectivity index (χ3v) is 4.50. The lowest BCUT2D eigenvalue weighted by Gasteiger charge is -2.34. The number of unbranched alkanes of at least 4 members (excludes halogenated alkanes) is 2. The Kier molecular flexibility index (Phi) is 7.35. The summed E-state index contributed by atoms with van der Waals surface area (Å²) in [6.07, 6.45) is 2.67. The third kappa shape index (κ3) is 5.78. The summed E-state index contributed by atoms with van der Waals surface area (Å²) in [5, 5.41) is 15.7. The molecule has 9 nitrogen and oxygen atoms in total. The molecule has 1 saturated heterocycles. The number of nitrogens with one attached hydrogen (secondary N) is 4. The van der Waals surface area contributed by atoms with Crippen LogP contribution in [0.3, 0.4) is 0 Å². The molecule has 2 heterocycles. The maximum absolute atomic E-state index is 12.2. The van der Waals surface area contributed by atoms with E-state index in [1.807, 2.05) is 13.8 Å². The van der Waals surface area contributed by atoms with Crippen molar-refractivity contribution in [3.8, 4) is 0 Å². The lowest BCUT2D eigenvalue weighted by Crippen LogP contribution is -2.55. The summed E-state index contributed by atoms with van der Waals surface area (Å²) in [6.45, 7) is 8.39. The zero-order valence-electron chi connectivity index (χ0n) is 16.5. The number of hydrogen-bond acceptors (Lipinski definition) is 5. The van der Waals surface area contributed by atoms with Gasteiger partial charge in [0, 0.05) is 25.1 Å². The molecule has 0 saturated carbocycles. The molecule has 0 aliphatic carbocycles. The van der Waals surface area contributed by atoms with Crippen LogP contribution in [0.5, 0.6) is 0 Å². The fourth-order valence-electron chi connectivity index (χ4n) is 2.91. The first-order valence-corrected chi connectivity index (χ1v) is 9.52. The van der Waals surface area contributed by atoms with Crippen molar-refractivity contribution in [2.45, 2.75) is 65.7 Å². The number of nitrogens with zero attached hydrogens (tertiary/aromatic N) is 2. The topological polar surface area (TPSA) is 117 Å². The molecule has 2 atom stereocenters. The average Bonchev–Trinajstić information content (AvgIpc) is 2.98. The summed E-state index contributed by atoms with van der Waals surface area (Å²) in [6, 6.07) is 1.66. The van der Waals surface area contributed by atoms with Gasteiger partial charge in [0.05, 0.1) is 5.69 Å². The van der Waals surface area contributed by atoms with Crippen LogP contribution < -0.4 is 21.3 Å². The Hall–Kier alpha value is -2.42. The Balaban J connectivity index is 2.05. The number of carbonyl (C=O) groups excluding carboxylic acids is 3. The zero-order chi connectivity index (χ0) is 20.0. The van der Waals surface area contributed by atoms with E-state index in [1.54, 1.807) is 13.0 Å². The minimum atomic E-state index is -0.754. The Bertz CT molecular complexity index is 685. The van der Waals surface area contributed by atoms with Crippen LogP contribution in [0.25, 0.3) is 0 Å². The average molecular weight is 378 g/mol. The molecule has 0 spiro atoms. The van der Waals surface area contributed by atoms with Gasteiger partial charge < -0.3 is 16.0 Å². The summed E-state index contributed by atoms with van der Waals surface area (Å²) in [5.74, 6) is -0.908. The minimum absolute atomic E-state index is 0.00123. The third-order valence-electron chi connectivity index (χ3n) is 4.50. The van der Waals surface area contributed by atoms with Gasteiger partial charge in [-0.1, -0.05) is 33.6 Å². The fraction of sp³-hybridized carbons (Fsp3) is 0.667. The second kappa shape index (κ2) is 9.50. The summed E-state index contributed by atoms with van der Waals surface area (Å²) in [7, 11) is 0. The lowest BCUT2D eigenvalue weighted by molar-refractivity contribution is -0.136. The van der Waals surface area contributed by atoms with Crippen LogP contribution in [0.4, 0.5) is 5.82 Å². The first kappa shape index (κ1) is 20.9. The molecule has 150 valence electrons. The molecule has 2 rings (SSSR count). The van der Waals surface area contributed by atoms with Gasteiger partial charge in [0.1, 0.15) is 5.82 Å². The van der Waals surface area contributed by atoms with E-state index in [9.17, 15) is 14.4 Å². The summed E-state index contributed by atoms with van der Waals surface area (Å²) in [4.78, 5) is 36.2. The predicted octanol–water partition coefficient (Wildman–Crippen LogP) is 1.03. The van der Waals surface area contributed by atoms with Crippen molar-refractivity contribution in [1.82, 2.24) is 25.7 Å². The first-order valence-electron chi connectivity index (χ1n) is 9.52.